The average molecular weight is 281 g/mol. The lowest BCUT2D eigenvalue weighted by atomic mass is 10.1. The number of carbonyl (C=O) groups is 2. The number of hydrogen-bond acceptors (Lipinski definition) is 4. The van der Waals surface area contributed by atoms with Gasteiger partial charge in [-0.05, 0) is 32.9 Å². The fourth-order valence-electron chi connectivity index (χ4n) is 1.10. The number of nitrogens with one attached hydrogen (secondary N) is 1. The summed E-state index contributed by atoms with van der Waals surface area (Å²) in [5.74, 6) is -0.496. The van der Waals surface area contributed by atoms with Gasteiger partial charge in [0.2, 0.25) is 5.91 Å². The molecule has 0 fully saturated rings. The molecule has 0 aliphatic carbocycles. The van der Waals surface area contributed by atoms with Gasteiger partial charge in [0.05, 0.1) is 11.7 Å². The number of carbonyl (C=O) groups excluding carboxylic acids is 2. The molecule has 0 aliphatic heterocycles. The summed E-state index contributed by atoms with van der Waals surface area (Å²) in [7, 11) is 0. The summed E-state index contributed by atoms with van der Waals surface area (Å²) in [6.07, 6.45) is 8.35. The van der Waals surface area contributed by atoms with Gasteiger partial charge in [-0.2, -0.15) is 0 Å². The number of aliphatic hydroxyl groups excluding tert-OH is 1. The van der Waals surface area contributed by atoms with E-state index in [0.717, 1.165) is 0 Å². The Labute approximate surface area is 119 Å². The van der Waals surface area contributed by atoms with Crippen molar-refractivity contribution in [2.75, 3.05) is 6.54 Å². The van der Waals surface area contributed by atoms with Crippen molar-refractivity contribution in [2.24, 2.45) is 0 Å². The monoisotopic (exact) mass is 281 g/mol. The first-order valence-corrected chi connectivity index (χ1v) is 6.43. The molecule has 1 amide bonds. The molecular formula is C15H23NO4. The van der Waals surface area contributed by atoms with E-state index in [0.29, 0.717) is 0 Å². The van der Waals surface area contributed by atoms with Gasteiger partial charge in [-0.1, -0.05) is 24.3 Å². The third-order valence-corrected chi connectivity index (χ3v) is 2.07. The maximum absolute atomic E-state index is 11.4. The van der Waals surface area contributed by atoms with Crippen molar-refractivity contribution in [3.8, 4) is 0 Å². The van der Waals surface area contributed by atoms with Gasteiger partial charge < -0.3 is 15.5 Å². The molecule has 0 saturated heterocycles. The van der Waals surface area contributed by atoms with Gasteiger partial charge in [0.25, 0.3) is 0 Å². The molecule has 20 heavy (non-hydrogen) atoms. The number of aliphatic hydroxyl groups is 2. The van der Waals surface area contributed by atoms with Crippen LogP contribution in [0.3, 0.4) is 0 Å². The Hall–Kier alpha value is -1.72. The number of allylic oxidation sites excluding steroid dienone is 4. The van der Waals surface area contributed by atoms with E-state index in [-0.39, 0.29) is 24.7 Å². The van der Waals surface area contributed by atoms with Crippen LogP contribution >= 0.6 is 0 Å². The molecule has 1 unspecified atom stereocenters. The van der Waals surface area contributed by atoms with Gasteiger partial charge in [0.15, 0.2) is 5.78 Å². The Bertz CT molecular complexity index is 401. The molecular weight excluding hydrogens is 258 g/mol. The van der Waals surface area contributed by atoms with Crippen molar-refractivity contribution in [1.29, 1.82) is 0 Å². The molecule has 5 nitrogen and oxygen atoms in total. The third-order valence-electron chi connectivity index (χ3n) is 2.07. The molecule has 1 atom stereocenters. The zero-order valence-electron chi connectivity index (χ0n) is 12.2. The molecule has 0 aromatic rings. The number of ketones is 1. The Kier molecular flexibility index (Phi) is 8.43. The summed E-state index contributed by atoms with van der Waals surface area (Å²) < 4.78 is 0. The number of hydrogen-bond donors (Lipinski definition) is 3. The van der Waals surface area contributed by atoms with Gasteiger partial charge in [-0.15, -0.1) is 0 Å². The maximum Gasteiger partial charge on any atom is 0.243 e. The van der Waals surface area contributed by atoms with Gasteiger partial charge in [0.1, 0.15) is 0 Å². The predicted molar refractivity (Wildman–Crippen MR) is 78.0 cm³/mol. The van der Waals surface area contributed by atoms with Crippen LogP contribution in [0.2, 0.25) is 0 Å². The summed E-state index contributed by atoms with van der Waals surface area (Å²) in [6.45, 7) is 4.94. The number of amides is 1. The summed E-state index contributed by atoms with van der Waals surface area (Å²) in [5.41, 5.74) is -0.960. The zero-order chi connectivity index (χ0) is 15.6. The van der Waals surface area contributed by atoms with Crippen molar-refractivity contribution in [3.05, 3.63) is 36.5 Å². The minimum absolute atomic E-state index is 0.120. The van der Waals surface area contributed by atoms with Crippen LogP contribution in [0.25, 0.3) is 0 Å². The minimum Gasteiger partial charge on any atom is -0.389 e. The molecule has 3 N–H and O–H groups in total. The predicted octanol–water partition coefficient (Wildman–Crippen LogP) is 0.882. The molecule has 0 bridgehead atoms. The molecule has 112 valence electrons. The summed E-state index contributed by atoms with van der Waals surface area (Å²) in [5, 5.41) is 20.9. The fraction of sp³-hybridized carbons (Fsp3) is 0.467. The minimum atomic E-state index is -0.960. The van der Waals surface area contributed by atoms with E-state index < -0.39 is 11.7 Å². The van der Waals surface area contributed by atoms with Crippen LogP contribution in [-0.2, 0) is 9.59 Å². The Morgan fingerprint density at radius 3 is 2.45 bits per heavy atom. The molecule has 0 heterocycles. The highest BCUT2D eigenvalue weighted by molar-refractivity contribution is 5.93. The Morgan fingerprint density at radius 2 is 1.90 bits per heavy atom. The van der Waals surface area contributed by atoms with E-state index in [1.807, 2.05) is 0 Å². The van der Waals surface area contributed by atoms with Gasteiger partial charge >= 0.3 is 0 Å². The SMILES string of the molecule is CC(O)/C=C/C=C/C(=O)C/C=C/C(=O)NCC(C)(C)O. The van der Waals surface area contributed by atoms with E-state index in [9.17, 15) is 14.7 Å². The van der Waals surface area contributed by atoms with Crippen molar-refractivity contribution in [1.82, 2.24) is 5.32 Å². The van der Waals surface area contributed by atoms with Crippen LogP contribution in [0.5, 0.6) is 0 Å². The summed E-state index contributed by atoms with van der Waals surface area (Å²) in [6, 6.07) is 0. The second-order valence-electron chi connectivity index (χ2n) is 5.09. The lowest BCUT2D eigenvalue weighted by Gasteiger charge is -2.16. The van der Waals surface area contributed by atoms with Crippen LogP contribution < -0.4 is 5.32 Å². The summed E-state index contributed by atoms with van der Waals surface area (Å²) >= 11 is 0. The van der Waals surface area contributed by atoms with Crippen molar-refractivity contribution in [3.63, 3.8) is 0 Å². The van der Waals surface area contributed by atoms with E-state index in [4.69, 9.17) is 5.11 Å². The summed E-state index contributed by atoms with van der Waals surface area (Å²) in [4.78, 5) is 22.7. The molecule has 0 aromatic carbocycles. The Morgan fingerprint density at radius 1 is 1.25 bits per heavy atom. The molecule has 0 aromatic heterocycles. The zero-order valence-corrected chi connectivity index (χ0v) is 12.2. The highest BCUT2D eigenvalue weighted by atomic mass is 16.3. The second-order valence-corrected chi connectivity index (χ2v) is 5.09. The molecule has 0 radical (unpaired) electrons. The van der Waals surface area contributed by atoms with Crippen LogP contribution in [0, 0.1) is 0 Å². The molecule has 0 aliphatic rings. The first-order valence-electron chi connectivity index (χ1n) is 6.43. The standard InChI is InChI=1S/C15H23NO4/c1-12(17)7-4-5-8-13(18)9-6-10-14(19)16-11-15(2,3)20/h4-8,10,12,17,20H,9,11H2,1-3H3,(H,16,19)/b7-4+,8-5+,10-6+. The van der Waals surface area contributed by atoms with Gasteiger partial charge in [-0.3, -0.25) is 9.59 Å². The molecule has 0 spiro atoms. The topological polar surface area (TPSA) is 86.6 Å². The smallest absolute Gasteiger partial charge is 0.243 e. The quantitative estimate of drug-likeness (QED) is 0.455. The van der Waals surface area contributed by atoms with Crippen molar-refractivity contribution >= 4 is 11.7 Å². The van der Waals surface area contributed by atoms with Gasteiger partial charge in [-0.25, -0.2) is 0 Å². The van der Waals surface area contributed by atoms with E-state index in [2.05, 4.69) is 5.32 Å². The fourth-order valence-corrected chi connectivity index (χ4v) is 1.10. The van der Waals surface area contributed by atoms with Crippen molar-refractivity contribution in [2.45, 2.75) is 38.9 Å². The van der Waals surface area contributed by atoms with E-state index in [1.54, 1.807) is 32.9 Å². The molecule has 5 heteroatoms. The lowest BCUT2D eigenvalue weighted by molar-refractivity contribution is -0.117. The molecule has 0 rings (SSSR count). The van der Waals surface area contributed by atoms with Gasteiger partial charge in [0, 0.05) is 13.0 Å². The largest absolute Gasteiger partial charge is 0.389 e. The van der Waals surface area contributed by atoms with Crippen LogP contribution in [0.4, 0.5) is 0 Å². The highest BCUT2D eigenvalue weighted by Crippen LogP contribution is 1.97. The van der Waals surface area contributed by atoms with Crippen LogP contribution in [0.15, 0.2) is 36.5 Å². The molecule has 0 saturated carbocycles. The van der Waals surface area contributed by atoms with E-state index in [1.165, 1.54) is 24.3 Å². The normalized spacial score (nSPS) is 14.2. The second kappa shape index (κ2) is 9.23. The first-order chi connectivity index (χ1) is 9.20. The first kappa shape index (κ1) is 18.3. The maximum atomic E-state index is 11.4. The average Bonchev–Trinajstić information content (AvgIpc) is 2.31. The van der Waals surface area contributed by atoms with E-state index >= 15 is 0 Å². The van der Waals surface area contributed by atoms with Crippen LogP contribution in [-0.4, -0.2) is 40.2 Å². The van der Waals surface area contributed by atoms with Crippen LogP contribution in [0.1, 0.15) is 27.2 Å². The lowest BCUT2D eigenvalue weighted by Crippen LogP contribution is -2.37. The third kappa shape index (κ3) is 12.7. The van der Waals surface area contributed by atoms with Crippen molar-refractivity contribution < 1.29 is 19.8 Å². The highest BCUT2D eigenvalue weighted by Gasteiger charge is 2.12. The number of rotatable bonds is 8. The Balaban J connectivity index is 4.00.